The molecule has 1 aromatic rings. The van der Waals surface area contributed by atoms with Crippen molar-refractivity contribution in [1.82, 2.24) is 0 Å². The molecule has 0 N–H and O–H groups in total. The van der Waals surface area contributed by atoms with Crippen LogP contribution in [0.3, 0.4) is 0 Å². The second-order valence-corrected chi connectivity index (χ2v) is 4.49. The summed E-state index contributed by atoms with van der Waals surface area (Å²) in [7, 11) is 0. The molecule has 1 heteroatoms. The molecule has 0 nitrogen and oxygen atoms in total. The Hall–Kier alpha value is -0.750. The van der Waals surface area contributed by atoms with E-state index in [9.17, 15) is 0 Å². The van der Waals surface area contributed by atoms with Gasteiger partial charge in [-0.25, -0.2) is 0 Å². The summed E-state index contributed by atoms with van der Waals surface area (Å²) in [6.45, 7) is 0. The summed E-state index contributed by atoms with van der Waals surface area (Å²) in [4.78, 5) is 0. The zero-order valence-corrected chi connectivity index (χ0v) is 9.76. The Kier molecular flexibility index (Phi) is 3.85. The van der Waals surface area contributed by atoms with Crippen LogP contribution in [-0.4, -0.2) is 5.88 Å². The molecular formula is C14H17Cl. The fourth-order valence-corrected chi connectivity index (χ4v) is 2.27. The van der Waals surface area contributed by atoms with Gasteiger partial charge in [-0.15, -0.1) is 11.6 Å². The normalized spacial score (nSPS) is 15.5. The van der Waals surface area contributed by atoms with E-state index in [-0.39, 0.29) is 0 Å². The molecule has 0 unspecified atom stereocenters. The molecule has 0 fully saturated rings. The molecule has 0 bridgehead atoms. The Bertz CT molecular complexity index is 352. The molecule has 0 atom stereocenters. The molecular weight excluding hydrogens is 204 g/mol. The van der Waals surface area contributed by atoms with Crippen LogP contribution in [0, 0.1) is 0 Å². The zero-order valence-electron chi connectivity index (χ0n) is 9.01. The fraction of sp³-hybridized carbons (Fsp3) is 0.429. The molecule has 0 saturated carbocycles. The lowest BCUT2D eigenvalue weighted by Crippen LogP contribution is -2.02. The molecule has 0 radical (unpaired) electrons. The first-order chi connectivity index (χ1) is 7.40. The van der Waals surface area contributed by atoms with E-state index in [1.165, 1.54) is 31.2 Å². The second-order valence-electron chi connectivity index (χ2n) is 4.12. The largest absolute Gasteiger partial charge is 0.126 e. The van der Waals surface area contributed by atoms with Crippen molar-refractivity contribution in [3.63, 3.8) is 0 Å². The number of rotatable bonds is 3. The van der Waals surface area contributed by atoms with Crippen LogP contribution in [0.1, 0.15) is 36.0 Å². The Labute approximate surface area is 97.0 Å². The van der Waals surface area contributed by atoms with Crippen LogP contribution in [-0.2, 0) is 12.8 Å². The third-order valence-corrected chi connectivity index (χ3v) is 3.18. The van der Waals surface area contributed by atoms with Crippen molar-refractivity contribution in [1.29, 1.82) is 0 Å². The number of allylic oxidation sites excluding steroid dienone is 1. The minimum absolute atomic E-state index is 0.710. The van der Waals surface area contributed by atoms with Crippen LogP contribution >= 0.6 is 11.6 Å². The number of fused-ring (bicyclic) bond motifs is 1. The first kappa shape index (κ1) is 10.8. The van der Waals surface area contributed by atoms with Crippen molar-refractivity contribution in [3.05, 3.63) is 41.0 Å². The maximum absolute atomic E-state index is 5.63. The first-order valence-electron chi connectivity index (χ1n) is 5.74. The molecule has 1 aliphatic rings. The number of alkyl halides is 1. The molecule has 0 heterocycles. The number of hydrogen-bond donors (Lipinski definition) is 0. The highest BCUT2D eigenvalue weighted by atomic mass is 35.5. The van der Waals surface area contributed by atoms with Crippen LogP contribution in [0.2, 0.25) is 0 Å². The van der Waals surface area contributed by atoms with E-state index in [0.29, 0.717) is 5.88 Å². The van der Waals surface area contributed by atoms with Gasteiger partial charge in [0.05, 0.1) is 0 Å². The van der Waals surface area contributed by atoms with Gasteiger partial charge >= 0.3 is 0 Å². The van der Waals surface area contributed by atoms with Gasteiger partial charge in [0.15, 0.2) is 0 Å². The van der Waals surface area contributed by atoms with Gasteiger partial charge in [0.1, 0.15) is 0 Å². The van der Waals surface area contributed by atoms with E-state index >= 15 is 0 Å². The Morgan fingerprint density at radius 2 is 1.93 bits per heavy atom. The maximum atomic E-state index is 5.63. The van der Waals surface area contributed by atoms with Crippen molar-refractivity contribution in [2.45, 2.75) is 32.1 Å². The van der Waals surface area contributed by atoms with E-state index in [4.69, 9.17) is 11.6 Å². The van der Waals surface area contributed by atoms with Crippen LogP contribution < -0.4 is 0 Å². The van der Waals surface area contributed by atoms with Crippen molar-refractivity contribution in [2.24, 2.45) is 0 Å². The summed E-state index contributed by atoms with van der Waals surface area (Å²) < 4.78 is 0. The summed E-state index contributed by atoms with van der Waals surface area (Å²) in [6, 6.07) is 6.84. The van der Waals surface area contributed by atoms with E-state index < -0.39 is 0 Å². The molecule has 0 spiro atoms. The average molecular weight is 221 g/mol. The highest BCUT2D eigenvalue weighted by molar-refractivity contribution is 6.17. The van der Waals surface area contributed by atoms with Gasteiger partial charge < -0.3 is 0 Å². The van der Waals surface area contributed by atoms with Gasteiger partial charge in [0.25, 0.3) is 0 Å². The quantitative estimate of drug-likeness (QED) is 0.670. The predicted octanol–water partition coefficient (Wildman–Crippen LogP) is 4.21. The lowest BCUT2D eigenvalue weighted by molar-refractivity contribution is 0.685. The molecule has 0 amide bonds. The van der Waals surface area contributed by atoms with Crippen molar-refractivity contribution >= 4 is 17.7 Å². The Morgan fingerprint density at radius 3 is 2.73 bits per heavy atom. The van der Waals surface area contributed by atoms with E-state index in [2.05, 4.69) is 30.4 Å². The molecule has 0 aromatic heterocycles. The molecule has 80 valence electrons. The molecule has 1 aromatic carbocycles. The first-order valence-corrected chi connectivity index (χ1v) is 6.28. The molecule has 0 saturated heterocycles. The van der Waals surface area contributed by atoms with Gasteiger partial charge in [-0.2, -0.15) is 0 Å². The summed E-state index contributed by atoms with van der Waals surface area (Å²) in [6.07, 6.45) is 10.5. The summed E-state index contributed by atoms with van der Waals surface area (Å²) >= 11 is 5.63. The summed E-state index contributed by atoms with van der Waals surface area (Å²) in [5.41, 5.74) is 4.42. The SMILES string of the molecule is ClCC/C=C/c1ccc2c(c1)CCCC2. The molecule has 15 heavy (non-hydrogen) atoms. The molecule has 2 rings (SSSR count). The van der Waals surface area contributed by atoms with E-state index in [0.717, 1.165) is 6.42 Å². The van der Waals surface area contributed by atoms with Gasteiger partial charge in [-0.1, -0.05) is 30.4 Å². The minimum atomic E-state index is 0.710. The maximum Gasteiger partial charge on any atom is 0.0258 e. The fourth-order valence-electron chi connectivity index (χ4n) is 2.14. The lowest BCUT2D eigenvalue weighted by atomic mass is 9.90. The van der Waals surface area contributed by atoms with Crippen LogP contribution in [0.15, 0.2) is 24.3 Å². The average Bonchev–Trinajstić information content (AvgIpc) is 2.29. The summed E-state index contributed by atoms with van der Waals surface area (Å²) in [5, 5.41) is 0. The van der Waals surface area contributed by atoms with E-state index in [1.54, 1.807) is 11.1 Å². The smallest absolute Gasteiger partial charge is 0.0258 e. The Morgan fingerprint density at radius 1 is 1.13 bits per heavy atom. The topological polar surface area (TPSA) is 0 Å². The molecule has 1 aliphatic carbocycles. The Balaban J connectivity index is 2.13. The van der Waals surface area contributed by atoms with Gasteiger partial charge in [0.2, 0.25) is 0 Å². The second kappa shape index (κ2) is 5.37. The monoisotopic (exact) mass is 220 g/mol. The standard InChI is InChI=1S/C14H17Cl/c15-10-4-3-5-12-8-9-13-6-1-2-7-14(13)11-12/h3,5,8-9,11H,1-2,4,6-7,10H2/b5-3+. The number of aryl methyl sites for hydroxylation is 2. The highest BCUT2D eigenvalue weighted by Gasteiger charge is 2.08. The number of benzene rings is 1. The zero-order chi connectivity index (χ0) is 10.5. The van der Waals surface area contributed by atoms with Crippen LogP contribution in [0.5, 0.6) is 0 Å². The summed E-state index contributed by atoms with van der Waals surface area (Å²) in [5.74, 6) is 0.710. The highest BCUT2D eigenvalue weighted by Crippen LogP contribution is 2.22. The minimum Gasteiger partial charge on any atom is -0.126 e. The van der Waals surface area contributed by atoms with Crippen LogP contribution in [0.4, 0.5) is 0 Å². The van der Waals surface area contributed by atoms with Crippen molar-refractivity contribution < 1.29 is 0 Å². The van der Waals surface area contributed by atoms with Gasteiger partial charge in [0, 0.05) is 5.88 Å². The van der Waals surface area contributed by atoms with Gasteiger partial charge in [-0.05, 0) is 48.8 Å². The predicted molar refractivity (Wildman–Crippen MR) is 67.5 cm³/mol. The van der Waals surface area contributed by atoms with E-state index in [1.807, 2.05) is 0 Å². The third kappa shape index (κ3) is 2.85. The van der Waals surface area contributed by atoms with Crippen molar-refractivity contribution in [3.8, 4) is 0 Å². The molecule has 0 aliphatic heterocycles. The lowest BCUT2D eigenvalue weighted by Gasteiger charge is -2.15. The number of hydrogen-bond acceptors (Lipinski definition) is 0. The third-order valence-electron chi connectivity index (χ3n) is 2.96. The number of halogens is 1. The van der Waals surface area contributed by atoms with Crippen molar-refractivity contribution in [2.75, 3.05) is 5.88 Å². The van der Waals surface area contributed by atoms with Crippen LogP contribution in [0.25, 0.3) is 6.08 Å². The van der Waals surface area contributed by atoms with Gasteiger partial charge in [-0.3, -0.25) is 0 Å².